The minimum atomic E-state index is -0.103. The van der Waals surface area contributed by atoms with Gasteiger partial charge < -0.3 is 9.84 Å². The number of ether oxygens (including phenoxy) is 1. The Morgan fingerprint density at radius 2 is 2.09 bits per heavy atom. The summed E-state index contributed by atoms with van der Waals surface area (Å²) in [5, 5.41) is 9.82. The van der Waals surface area contributed by atoms with Crippen LogP contribution in [0.4, 0.5) is 0 Å². The van der Waals surface area contributed by atoms with Crippen LogP contribution in [0.15, 0.2) is 18.2 Å². The van der Waals surface area contributed by atoms with Crippen molar-refractivity contribution in [1.82, 2.24) is 0 Å². The van der Waals surface area contributed by atoms with Crippen LogP contribution in [0.2, 0.25) is 0 Å². The van der Waals surface area contributed by atoms with Crippen LogP contribution >= 0.6 is 0 Å². The van der Waals surface area contributed by atoms with Gasteiger partial charge in [-0.15, -0.1) is 0 Å². The molecule has 0 saturated heterocycles. The Morgan fingerprint density at radius 3 is 2.86 bits per heavy atom. The summed E-state index contributed by atoms with van der Waals surface area (Å²) in [7, 11) is 1.75. The lowest BCUT2D eigenvalue weighted by Gasteiger charge is -2.49. The molecular formula is C19H24O3. The Balaban J connectivity index is 1.77. The molecule has 1 N–H and O–H groups in total. The lowest BCUT2D eigenvalue weighted by molar-refractivity contribution is -0.129. The minimum Gasteiger partial charge on any atom is -0.508 e. The van der Waals surface area contributed by atoms with Crippen molar-refractivity contribution in [3.8, 4) is 5.75 Å². The summed E-state index contributed by atoms with van der Waals surface area (Å²) < 4.78 is 5.73. The molecule has 3 aliphatic carbocycles. The fourth-order valence-corrected chi connectivity index (χ4v) is 5.55. The number of benzene rings is 1. The molecule has 2 saturated carbocycles. The Hall–Kier alpha value is -1.35. The Morgan fingerprint density at radius 1 is 1.27 bits per heavy atom. The van der Waals surface area contributed by atoms with Gasteiger partial charge >= 0.3 is 0 Å². The molecule has 0 radical (unpaired) electrons. The fourth-order valence-electron chi connectivity index (χ4n) is 5.55. The molecule has 2 fully saturated rings. The van der Waals surface area contributed by atoms with E-state index >= 15 is 0 Å². The van der Waals surface area contributed by atoms with Crippen molar-refractivity contribution in [3.05, 3.63) is 29.3 Å². The average Bonchev–Trinajstić information content (AvgIpc) is 2.82. The van der Waals surface area contributed by atoms with E-state index < -0.39 is 0 Å². The first-order valence-corrected chi connectivity index (χ1v) is 8.43. The highest BCUT2D eigenvalue weighted by Crippen LogP contribution is 2.61. The maximum Gasteiger partial charge on any atom is 0.139 e. The molecule has 0 aliphatic heterocycles. The normalized spacial score (nSPS) is 40.0. The number of phenolic OH excluding ortho intramolecular Hbond substituents is 1. The molecule has 1 unspecified atom stereocenters. The van der Waals surface area contributed by atoms with Crippen LogP contribution in [0.3, 0.4) is 0 Å². The van der Waals surface area contributed by atoms with Crippen LogP contribution in [-0.2, 0) is 9.53 Å². The monoisotopic (exact) mass is 300 g/mol. The Bertz CT molecular complexity index is 623. The van der Waals surface area contributed by atoms with E-state index in [-0.39, 0.29) is 11.5 Å². The van der Waals surface area contributed by atoms with E-state index in [0.717, 1.165) is 37.7 Å². The van der Waals surface area contributed by atoms with Gasteiger partial charge in [-0.3, -0.25) is 4.79 Å². The smallest absolute Gasteiger partial charge is 0.139 e. The average molecular weight is 300 g/mol. The van der Waals surface area contributed by atoms with E-state index in [2.05, 4.69) is 13.0 Å². The molecule has 3 heteroatoms. The number of hydrogen-bond acceptors (Lipinski definition) is 3. The van der Waals surface area contributed by atoms with Gasteiger partial charge in [-0.1, -0.05) is 13.0 Å². The predicted octanol–water partition coefficient (Wildman–Crippen LogP) is 3.96. The zero-order chi connectivity index (χ0) is 15.5. The second-order valence-electron chi connectivity index (χ2n) is 7.57. The van der Waals surface area contributed by atoms with E-state index in [0.29, 0.717) is 29.3 Å². The summed E-state index contributed by atoms with van der Waals surface area (Å²) in [5.41, 5.74) is 2.38. The van der Waals surface area contributed by atoms with Gasteiger partial charge in [-0.25, -0.2) is 0 Å². The summed E-state index contributed by atoms with van der Waals surface area (Å²) in [4.78, 5) is 12.4. The van der Waals surface area contributed by atoms with Crippen LogP contribution in [0, 0.1) is 17.3 Å². The number of fused-ring (bicyclic) bond motifs is 5. The van der Waals surface area contributed by atoms with Crippen molar-refractivity contribution in [3.63, 3.8) is 0 Å². The molecule has 0 bridgehead atoms. The largest absolute Gasteiger partial charge is 0.508 e. The fraction of sp³-hybridized carbons (Fsp3) is 0.632. The highest BCUT2D eigenvalue weighted by atomic mass is 16.5. The van der Waals surface area contributed by atoms with Crippen LogP contribution in [0.25, 0.3) is 0 Å². The van der Waals surface area contributed by atoms with Crippen molar-refractivity contribution in [2.45, 2.75) is 51.0 Å². The van der Waals surface area contributed by atoms with Crippen molar-refractivity contribution in [2.24, 2.45) is 17.3 Å². The van der Waals surface area contributed by atoms with Gasteiger partial charge in [0.2, 0.25) is 0 Å². The van der Waals surface area contributed by atoms with E-state index in [1.807, 2.05) is 6.07 Å². The zero-order valence-electron chi connectivity index (χ0n) is 13.3. The van der Waals surface area contributed by atoms with Gasteiger partial charge in [0.1, 0.15) is 11.5 Å². The highest BCUT2D eigenvalue weighted by Gasteiger charge is 2.55. The number of rotatable bonds is 1. The topological polar surface area (TPSA) is 46.5 Å². The van der Waals surface area contributed by atoms with Gasteiger partial charge in [0.25, 0.3) is 0 Å². The summed E-state index contributed by atoms with van der Waals surface area (Å²) in [6.45, 7) is 2.19. The molecule has 1 aromatic rings. The van der Waals surface area contributed by atoms with Gasteiger partial charge in [-0.2, -0.15) is 0 Å². The summed E-state index contributed by atoms with van der Waals surface area (Å²) in [6, 6.07) is 5.74. The quantitative estimate of drug-likeness (QED) is 0.854. The summed E-state index contributed by atoms with van der Waals surface area (Å²) in [6.07, 6.45) is 4.91. The maximum absolute atomic E-state index is 12.4. The maximum atomic E-state index is 12.4. The van der Waals surface area contributed by atoms with Crippen molar-refractivity contribution >= 4 is 5.78 Å². The van der Waals surface area contributed by atoms with E-state index in [1.165, 1.54) is 5.56 Å². The van der Waals surface area contributed by atoms with Gasteiger partial charge in [0, 0.05) is 18.9 Å². The number of hydrogen-bond donors (Lipinski definition) is 1. The number of phenols is 1. The number of methoxy groups -OCH3 is 1. The third kappa shape index (κ3) is 1.81. The SMILES string of the molecule is COC1C[C@@H]2[C@H](CC[C@]3(C)C(=O)CC[C@@H]23)c2ccc(O)cc21. The van der Waals surface area contributed by atoms with E-state index in [4.69, 9.17) is 4.74 Å². The van der Waals surface area contributed by atoms with Gasteiger partial charge in [0.15, 0.2) is 0 Å². The number of Topliss-reactive ketones (excluding diaryl/α,β-unsaturated/α-hetero) is 1. The van der Waals surface area contributed by atoms with Crippen LogP contribution in [-0.4, -0.2) is 18.0 Å². The highest BCUT2D eigenvalue weighted by molar-refractivity contribution is 5.87. The van der Waals surface area contributed by atoms with Crippen LogP contribution in [0.5, 0.6) is 5.75 Å². The Labute approximate surface area is 131 Å². The second-order valence-corrected chi connectivity index (χ2v) is 7.57. The molecular weight excluding hydrogens is 276 g/mol. The van der Waals surface area contributed by atoms with E-state index in [9.17, 15) is 9.90 Å². The Kier molecular flexibility index (Phi) is 3.12. The first-order valence-electron chi connectivity index (χ1n) is 8.43. The summed E-state index contributed by atoms with van der Waals surface area (Å²) >= 11 is 0. The molecule has 22 heavy (non-hydrogen) atoms. The third-order valence-electron chi connectivity index (χ3n) is 6.73. The standard InChI is InChI=1S/C19H24O3/c1-19-8-7-13-12-4-3-11(20)9-15(12)17(22-2)10-14(13)16(19)5-6-18(19)21/h3-4,9,13-14,16-17,20H,5-8,10H2,1-2H3/t13-,14-,16+,17?,19+/m1/s1. The van der Waals surface area contributed by atoms with Crippen molar-refractivity contribution in [1.29, 1.82) is 0 Å². The molecule has 0 heterocycles. The molecule has 4 rings (SSSR count). The molecule has 0 spiro atoms. The summed E-state index contributed by atoms with van der Waals surface area (Å²) in [5.74, 6) is 2.34. The molecule has 3 nitrogen and oxygen atoms in total. The first kappa shape index (κ1) is 14.3. The molecule has 1 aromatic carbocycles. The number of ketones is 1. The third-order valence-corrected chi connectivity index (χ3v) is 6.73. The predicted molar refractivity (Wildman–Crippen MR) is 83.8 cm³/mol. The lowest BCUT2D eigenvalue weighted by atomic mass is 9.55. The molecule has 3 aliphatic rings. The van der Waals surface area contributed by atoms with Crippen molar-refractivity contribution in [2.75, 3.05) is 7.11 Å². The lowest BCUT2D eigenvalue weighted by Crippen LogP contribution is -2.43. The molecule has 118 valence electrons. The zero-order valence-corrected chi connectivity index (χ0v) is 13.3. The number of carbonyl (C=O) groups excluding carboxylic acids is 1. The second kappa shape index (κ2) is 4.82. The van der Waals surface area contributed by atoms with Crippen LogP contribution < -0.4 is 0 Å². The van der Waals surface area contributed by atoms with Gasteiger partial charge in [-0.05, 0) is 66.7 Å². The van der Waals surface area contributed by atoms with Crippen molar-refractivity contribution < 1.29 is 14.6 Å². The molecule has 5 atom stereocenters. The van der Waals surface area contributed by atoms with Crippen LogP contribution in [0.1, 0.15) is 62.2 Å². The van der Waals surface area contributed by atoms with Gasteiger partial charge in [0.05, 0.1) is 6.10 Å². The van der Waals surface area contributed by atoms with E-state index in [1.54, 1.807) is 13.2 Å². The molecule has 0 amide bonds. The molecule has 0 aromatic heterocycles. The first-order chi connectivity index (χ1) is 10.5. The number of carbonyl (C=O) groups is 1. The number of aromatic hydroxyl groups is 1. The minimum absolute atomic E-state index is 0.0430.